The minimum atomic E-state index is 0.273. The molecule has 0 amide bonds. The maximum atomic E-state index is 6.29. The van der Waals surface area contributed by atoms with E-state index >= 15 is 0 Å². The van der Waals surface area contributed by atoms with Crippen LogP contribution in [0.1, 0.15) is 30.0 Å². The van der Waals surface area contributed by atoms with Gasteiger partial charge in [0.25, 0.3) is 0 Å². The van der Waals surface area contributed by atoms with Gasteiger partial charge in [-0.05, 0) is 43.5 Å². The summed E-state index contributed by atoms with van der Waals surface area (Å²) in [6.45, 7) is 3.15. The number of benzene rings is 3. The second-order valence-electron chi connectivity index (χ2n) is 7.24. The van der Waals surface area contributed by atoms with E-state index < -0.39 is 0 Å². The predicted molar refractivity (Wildman–Crippen MR) is 125 cm³/mol. The van der Waals surface area contributed by atoms with Crippen molar-refractivity contribution in [1.82, 2.24) is 5.32 Å². The Balaban J connectivity index is 1.64. The van der Waals surface area contributed by atoms with Crippen LogP contribution in [0.15, 0.2) is 66.7 Å². The topological polar surface area (TPSA) is 30.5 Å². The Morgan fingerprint density at radius 2 is 1.60 bits per heavy atom. The normalized spacial score (nSPS) is 11.9. The summed E-state index contributed by atoms with van der Waals surface area (Å²) in [6.07, 6.45) is 2.10. The highest BCUT2D eigenvalue weighted by Crippen LogP contribution is 2.33. The van der Waals surface area contributed by atoms with Crippen molar-refractivity contribution in [3.05, 3.63) is 93.5 Å². The van der Waals surface area contributed by atoms with Crippen LogP contribution in [0.5, 0.6) is 11.5 Å². The lowest BCUT2D eigenvalue weighted by Crippen LogP contribution is -2.26. The standard InChI is InChI=1S/C25H27Cl2NO2/c1-18(14-15-19-8-4-3-5-9-19)28-16-20-10-6-13-24(29-2)25(20)30-17-21-22(26)11-7-12-23(21)27/h3-13,18,28H,14-17H2,1-2H3. The molecule has 158 valence electrons. The van der Waals surface area contributed by atoms with Gasteiger partial charge < -0.3 is 14.8 Å². The van der Waals surface area contributed by atoms with Crippen molar-refractivity contribution in [2.45, 2.75) is 39.0 Å². The first kappa shape index (κ1) is 22.5. The molecule has 3 rings (SSSR count). The van der Waals surface area contributed by atoms with Gasteiger partial charge in [0.1, 0.15) is 6.61 Å². The highest BCUT2D eigenvalue weighted by Gasteiger charge is 2.14. The van der Waals surface area contributed by atoms with E-state index in [1.807, 2.05) is 42.5 Å². The first-order valence-corrected chi connectivity index (χ1v) is 10.8. The monoisotopic (exact) mass is 443 g/mol. The fourth-order valence-corrected chi connectivity index (χ4v) is 3.76. The third kappa shape index (κ3) is 6.15. The lowest BCUT2D eigenvalue weighted by atomic mass is 10.1. The minimum Gasteiger partial charge on any atom is -0.493 e. The Labute approximate surface area is 188 Å². The molecule has 1 N–H and O–H groups in total. The van der Waals surface area contributed by atoms with Crippen LogP contribution in [0.3, 0.4) is 0 Å². The molecule has 0 fully saturated rings. The largest absolute Gasteiger partial charge is 0.493 e. The number of rotatable bonds is 10. The van der Waals surface area contributed by atoms with Crippen molar-refractivity contribution < 1.29 is 9.47 Å². The first-order chi connectivity index (χ1) is 14.6. The molecule has 3 aromatic carbocycles. The minimum absolute atomic E-state index is 0.273. The number of nitrogens with one attached hydrogen (secondary N) is 1. The summed E-state index contributed by atoms with van der Waals surface area (Å²) in [7, 11) is 1.64. The SMILES string of the molecule is COc1cccc(CNC(C)CCc2ccccc2)c1OCc1c(Cl)cccc1Cl. The van der Waals surface area contributed by atoms with Gasteiger partial charge in [-0.3, -0.25) is 0 Å². The molecule has 0 aliphatic carbocycles. The maximum absolute atomic E-state index is 6.29. The number of para-hydroxylation sites is 1. The molecule has 0 aliphatic heterocycles. The molecule has 0 bridgehead atoms. The van der Waals surface area contributed by atoms with Crippen molar-refractivity contribution in [2.24, 2.45) is 0 Å². The smallest absolute Gasteiger partial charge is 0.166 e. The molecule has 0 spiro atoms. The predicted octanol–water partition coefficient (Wildman–Crippen LogP) is 6.69. The summed E-state index contributed by atoms with van der Waals surface area (Å²) >= 11 is 12.6. The van der Waals surface area contributed by atoms with E-state index in [-0.39, 0.29) is 6.61 Å². The van der Waals surface area contributed by atoms with Gasteiger partial charge in [0.2, 0.25) is 0 Å². The van der Waals surface area contributed by atoms with Crippen molar-refractivity contribution in [1.29, 1.82) is 0 Å². The Morgan fingerprint density at radius 3 is 2.30 bits per heavy atom. The second-order valence-corrected chi connectivity index (χ2v) is 8.06. The average molecular weight is 444 g/mol. The quantitative estimate of drug-likeness (QED) is 0.378. The lowest BCUT2D eigenvalue weighted by Gasteiger charge is -2.19. The number of halogens is 2. The zero-order chi connectivity index (χ0) is 21.3. The zero-order valence-corrected chi connectivity index (χ0v) is 18.8. The number of aryl methyl sites for hydroxylation is 1. The van der Waals surface area contributed by atoms with Gasteiger partial charge >= 0.3 is 0 Å². The summed E-state index contributed by atoms with van der Waals surface area (Å²) in [4.78, 5) is 0. The molecule has 3 aromatic rings. The maximum Gasteiger partial charge on any atom is 0.166 e. The van der Waals surface area contributed by atoms with Crippen LogP contribution < -0.4 is 14.8 Å². The Kier molecular flexibility index (Phi) is 8.44. The molecule has 30 heavy (non-hydrogen) atoms. The zero-order valence-electron chi connectivity index (χ0n) is 17.3. The van der Waals surface area contributed by atoms with Crippen LogP contribution >= 0.6 is 23.2 Å². The van der Waals surface area contributed by atoms with E-state index in [1.165, 1.54) is 5.56 Å². The molecule has 5 heteroatoms. The summed E-state index contributed by atoms with van der Waals surface area (Å²) < 4.78 is 11.7. The highest BCUT2D eigenvalue weighted by molar-refractivity contribution is 6.35. The second kappa shape index (κ2) is 11.3. The molecule has 0 aromatic heterocycles. The summed E-state index contributed by atoms with van der Waals surface area (Å²) in [6, 6.07) is 22.3. The Hall–Kier alpha value is -2.20. The molecule has 0 radical (unpaired) electrons. The third-order valence-electron chi connectivity index (χ3n) is 5.05. The average Bonchev–Trinajstić information content (AvgIpc) is 2.77. The summed E-state index contributed by atoms with van der Waals surface area (Å²) in [5.74, 6) is 1.40. The van der Waals surface area contributed by atoms with Crippen LogP contribution in [0, 0.1) is 0 Å². The molecule has 3 nitrogen and oxygen atoms in total. The molecule has 1 unspecified atom stereocenters. The van der Waals surface area contributed by atoms with E-state index in [9.17, 15) is 0 Å². The molecular weight excluding hydrogens is 417 g/mol. The van der Waals surface area contributed by atoms with E-state index in [2.05, 4.69) is 36.5 Å². The van der Waals surface area contributed by atoms with E-state index in [0.29, 0.717) is 34.1 Å². The number of methoxy groups -OCH3 is 1. The third-order valence-corrected chi connectivity index (χ3v) is 5.76. The van der Waals surface area contributed by atoms with Gasteiger partial charge in [-0.1, -0.05) is 71.7 Å². The molecule has 1 atom stereocenters. The molecule has 0 saturated carbocycles. The fraction of sp³-hybridized carbons (Fsp3) is 0.280. The van der Waals surface area contributed by atoms with Gasteiger partial charge in [0.15, 0.2) is 11.5 Å². The summed E-state index contributed by atoms with van der Waals surface area (Å²) in [5.41, 5.74) is 3.15. The van der Waals surface area contributed by atoms with E-state index in [4.69, 9.17) is 32.7 Å². The number of hydrogen-bond acceptors (Lipinski definition) is 3. The van der Waals surface area contributed by atoms with Gasteiger partial charge in [-0.25, -0.2) is 0 Å². The van der Waals surface area contributed by atoms with Crippen LogP contribution in [-0.4, -0.2) is 13.2 Å². The van der Waals surface area contributed by atoms with Crippen molar-refractivity contribution in [3.8, 4) is 11.5 Å². The van der Waals surface area contributed by atoms with Crippen molar-refractivity contribution >= 4 is 23.2 Å². The van der Waals surface area contributed by atoms with Gasteiger partial charge in [0.05, 0.1) is 7.11 Å². The molecule has 0 saturated heterocycles. The van der Waals surface area contributed by atoms with Crippen molar-refractivity contribution in [2.75, 3.05) is 7.11 Å². The first-order valence-electron chi connectivity index (χ1n) is 10.1. The highest BCUT2D eigenvalue weighted by atomic mass is 35.5. The van der Waals surface area contributed by atoms with Crippen LogP contribution in [0.4, 0.5) is 0 Å². The Bertz CT molecular complexity index is 927. The van der Waals surface area contributed by atoms with E-state index in [0.717, 1.165) is 24.0 Å². The molecule has 0 aliphatic rings. The summed E-state index contributed by atoms with van der Waals surface area (Å²) in [5, 5.41) is 4.77. The van der Waals surface area contributed by atoms with Gasteiger partial charge in [0, 0.05) is 33.8 Å². The van der Waals surface area contributed by atoms with Crippen LogP contribution in [-0.2, 0) is 19.6 Å². The molecular formula is C25H27Cl2NO2. The van der Waals surface area contributed by atoms with Crippen LogP contribution in [0.25, 0.3) is 0 Å². The Morgan fingerprint density at radius 1 is 0.900 bits per heavy atom. The lowest BCUT2D eigenvalue weighted by molar-refractivity contribution is 0.280. The van der Waals surface area contributed by atoms with Gasteiger partial charge in [-0.2, -0.15) is 0 Å². The van der Waals surface area contributed by atoms with Crippen molar-refractivity contribution in [3.63, 3.8) is 0 Å². The fourth-order valence-electron chi connectivity index (χ4n) is 3.25. The van der Waals surface area contributed by atoms with Gasteiger partial charge in [-0.15, -0.1) is 0 Å². The number of ether oxygens (including phenoxy) is 2. The van der Waals surface area contributed by atoms with Crippen LogP contribution in [0.2, 0.25) is 10.0 Å². The number of hydrogen-bond donors (Lipinski definition) is 1. The van der Waals surface area contributed by atoms with E-state index in [1.54, 1.807) is 7.11 Å². The molecule has 0 heterocycles.